The zero-order valence-electron chi connectivity index (χ0n) is 15.7. The molecule has 3 heterocycles. The van der Waals surface area contributed by atoms with Gasteiger partial charge in [0.25, 0.3) is 5.91 Å². The summed E-state index contributed by atoms with van der Waals surface area (Å²) in [5.41, 5.74) is -0.00813. The molecule has 0 radical (unpaired) electrons. The van der Waals surface area contributed by atoms with Crippen LogP contribution >= 0.6 is 0 Å². The maximum atomic E-state index is 14.2. The highest BCUT2D eigenvalue weighted by Crippen LogP contribution is 2.27. The lowest BCUT2D eigenvalue weighted by molar-refractivity contribution is 0.0707. The molecule has 0 unspecified atom stereocenters. The van der Waals surface area contributed by atoms with E-state index in [-0.39, 0.29) is 11.6 Å². The van der Waals surface area contributed by atoms with E-state index < -0.39 is 23.1 Å². The number of nitriles is 1. The van der Waals surface area contributed by atoms with Crippen LogP contribution in [0, 0.1) is 23.0 Å². The quantitative estimate of drug-likeness (QED) is 0.735. The van der Waals surface area contributed by atoms with Crippen LogP contribution in [0.25, 0.3) is 11.0 Å². The number of nitrogens with one attached hydrogen (secondary N) is 1. The third-order valence-electron chi connectivity index (χ3n) is 5.40. The number of nitrogens with zero attached hydrogens (tertiary/aromatic N) is 5. The number of hydrogen-bond acceptors (Lipinski definition) is 5. The molecule has 4 rings (SSSR count). The number of halogens is 2. The van der Waals surface area contributed by atoms with Gasteiger partial charge in [-0.2, -0.15) is 5.26 Å². The van der Waals surface area contributed by atoms with Crippen LogP contribution in [0.2, 0.25) is 0 Å². The Morgan fingerprint density at radius 2 is 2.00 bits per heavy atom. The smallest absolute Gasteiger partial charge is 0.256 e. The second kappa shape index (κ2) is 7.47. The first-order valence-corrected chi connectivity index (χ1v) is 9.19. The van der Waals surface area contributed by atoms with Gasteiger partial charge in [0.15, 0.2) is 11.6 Å². The average Bonchev–Trinajstić information content (AvgIpc) is 3.24. The van der Waals surface area contributed by atoms with Crippen molar-refractivity contribution in [3.8, 4) is 6.07 Å². The fourth-order valence-electron chi connectivity index (χ4n) is 3.74. The van der Waals surface area contributed by atoms with Gasteiger partial charge in [-0.1, -0.05) is 0 Å². The highest BCUT2D eigenvalue weighted by atomic mass is 19.2. The molecule has 1 aliphatic heterocycles. The summed E-state index contributed by atoms with van der Waals surface area (Å²) in [4.78, 5) is 27.9. The number of carbonyl (C=O) groups is 1. The summed E-state index contributed by atoms with van der Waals surface area (Å²) < 4.78 is 28.1. The van der Waals surface area contributed by atoms with E-state index in [0.717, 1.165) is 22.9 Å². The van der Waals surface area contributed by atoms with Gasteiger partial charge in [-0.25, -0.2) is 18.7 Å². The molecule has 0 atom stereocenters. The van der Waals surface area contributed by atoms with Crippen molar-refractivity contribution in [3.05, 3.63) is 53.5 Å². The number of benzene rings is 1. The normalized spacial score (nSPS) is 14.8. The lowest BCUT2D eigenvalue weighted by Crippen LogP contribution is -2.46. The second-order valence-corrected chi connectivity index (χ2v) is 6.97. The number of fused-ring (bicyclic) bond motifs is 1. The molecule has 7 nitrogen and oxygen atoms in total. The fourth-order valence-corrected chi connectivity index (χ4v) is 3.74. The summed E-state index contributed by atoms with van der Waals surface area (Å²) in [6.45, 7) is 0.826. The summed E-state index contributed by atoms with van der Waals surface area (Å²) in [7, 11) is 1.95. The zero-order chi connectivity index (χ0) is 20.5. The SMILES string of the molecule is CN(c1ncnc2[nH]ccc12)C1CCN(C(=O)c2ccc(C#N)c(F)c2F)CC1. The summed E-state index contributed by atoms with van der Waals surface area (Å²) in [6.07, 6.45) is 4.64. The van der Waals surface area contributed by atoms with Gasteiger partial charge in [0.1, 0.15) is 23.9 Å². The molecule has 1 aromatic carbocycles. The largest absolute Gasteiger partial charge is 0.356 e. The minimum Gasteiger partial charge on any atom is -0.356 e. The second-order valence-electron chi connectivity index (χ2n) is 6.97. The van der Waals surface area contributed by atoms with Gasteiger partial charge < -0.3 is 14.8 Å². The van der Waals surface area contributed by atoms with Crippen molar-refractivity contribution in [2.45, 2.75) is 18.9 Å². The van der Waals surface area contributed by atoms with Crippen LogP contribution in [0.3, 0.4) is 0 Å². The molecular formula is C20H18F2N6O. The Kier molecular flexibility index (Phi) is 4.84. The fraction of sp³-hybridized carbons (Fsp3) is 0.300. The standard InChI is InChI=1S/C20H18F2N6O/c1-27(19-15-4-7-24-18(15)25-11-26-19)13-5-8-28(9-6-13)20(29)14-3-2-12(10-23)16(21)17(14)22/h2-4,7,11,13H,5-6,8-9H2,1H3,(H,24,25,26). The Morgan fingerprint density at radius 1 is 1.24 bits per heavy atom. The molecule has 0 aliphatic carbocycles. The minimum absolute atomic E-state index is 0.148. The van der Waals surface area contributed by atoms with Crippen LogP contribution < -0.4 is 4.90 Å². The van der Waals surface area contributed by atoms with Crippen LogP contribution in [0.15, 0.2) is 30.7 Å². The Balaban J connectivity index is 1.47. The first-order valence-electron chi connectivity index (χ1n) is 9.19. The summed E-state index contributed by atoms with van der Waals surface area (Å²) in [5, 5.41) is 9.70. The molecule has 148 valence electrons. The van der Waals surface area contributed by atoms with Crippen LogP contribution in [-0.2, 0) is 0 Å². The van der Waals surface area contributed by atoms with Crippen molar-refractivity contribution in [2.24, 2.45) is 0 Å². The summed E-state index contributed by atoms with van der Waals surface area (Å²) in [6, 6.07) is 5.93. The lowest BCUT2D eigenvalue weighted by atomic mass is 10.0. The van der Waals surface area contributed by atoms with Crippen molar-refractivity contribution in [3.63, 3.8) is 0 Å². The van der Waals surface area contributed by atoms with Crippen LogP contribution in [0.5, 0.6) is 0 Å². The zero-order valence-corrected chi connectivity index (χ0v) is 15.7. The van der Waals surface area contributed by atoms with Crippen molar-refractivity contribution < 1.29 is 13.6 Å². The maximum absolute atomic E-state index is 14.2. The van der Waals surface area contributed by atoms with Crippen molar-refractivity contribution in [2.75, 3.05) is 25.0 Å². The number of aromatic amines is 1. The van der Waals surface area contributed by atoms with Gasteiger partial charge in [0, 0.05) is 32.4 Å². The number of piperidine rings is 1. The first kappa shape index (κ1) is 18.8. The van der Waals surface area contributed by atoms with Crippen molar-refractivity contribution in [1.82, 2.24) is 19.9 Å². The van der Waals surface area contributed by atoms with Crippen molar-refractivity contribution in [1.29, 1.82) is 5.26 Å². The Morgan fingerprint density at radius 3 is 2.72 bits per heavy atom. The molecule has 1 saturated heterocycles. The van der Waals surface area contributed by atoms with E-state index in [0.29, 0.717) is 25.9 Å². The molecule has 0 saturated carbocycles. The third-order valence-corrected chi connectivity index (χ3v) is 5.40. The molecule has 29 heavy (non-hydrogen) atoms. The molecule has 0 spiro atoms. The number of aromatic nitrogens is 3. The van der Waals surface area contributed by atoms with E-state index >= 15 is 0 Å². The maximum Gasteiger partial charge on any atom is 0.256 e. The topological polar surface area (TPSA) is 88.9 Å². The number of rotatable bonds is 3. The van der Waals surface area contributed by atoms with E-state index in [1.165, 1.54) is 17.3 Å². The molecule has 9 heteroatoms. The molecule has 1 aliphatic rings. The number of anilines is 1. The Labute approximate surface area is 165 Å². The van der Waals surface area contributed by atoms with Gasteiger partial charge in [-0.3, -0.25) is 4.79 Å². The number of amides is 1. The van der Waals surface area contributed by atoms with Gasteiger partial charge in [-0.15, -0.1) is 0 Å². The summed E-state index contributed by atoms with van der Waals surface area (Å²) in [5.74, 6) is -2.32. The predicted molar refractivity (Wildman–Crippen MR) is 102 cm³/mol. The van der Waals surface area contributed by atoms with E-state index in [2.05, 4.69) is 19.9 Å². The van der Waals surface area contributed by atoms with E-state index in [4.69, 9.17) is 5.26 Å². The highest BCUT2D eigenvalue weighted by Gasteiger charge is 2.29. The molecule has 0 bridgehead atoms. The molecular weight excluding hydrogens is 378 g/mol. The highest BCUT2D eigenvalue weighted by molar-refractivity contribution is 5.94. The Hall–Kier alpha value is -3.54. The van der Waals surface area contributed by atoms with Crippen LogP contribution in [0.4, 0.5) is 14.6 Å². The number of likely N-dealkylation sites (tertiary alicyclic amines) is 1. The van der Waals surface area contributed by atoms with Gasteiger partial charge in [-0.05, 0) is 31.0 Å². The molecule has 1 amide bonds. The molecule has 1 fully saturated rings. The van der Waals surface area contributed by atoms with E-state index in [1.807, 2.05) is 19.3 Å². The number of H-pyrrole nitrogens is 1. The van der Waals surface area contributed by atoms with Crippen LogP contribution in [0.1, 0.15) is 28.8 Å². The van der Waals surface area contributed by atoms with Gasteiger partial charge in [0.05, 0.1) is 16.5 Å². The van der Waals surface area contributed by atoms with Gasteiger partial charge >= 0.3 is 0 Å². The average molecular weight is 396 g/mol. The molecule has 1 N–H and O–H groups in total. The first-order chi connectivity index (χ1) is 14.0. The predicted octanol–water partition coefficient (Wildman–Crippen LogP) is 2.85. The monoisotopic (exact) mass is 396 g/mol. The summed E-state index contributed by atoms with van der Waals surface area (Å²) >= 11 is 0. The lowest BCUT2D eigenvalue weighted by Gasteiger charge is -2.37. The van der Waals surface area contributed by atoms with Crippen molar-refractivity contribution >= 4 is 22.8 Å². The third kappa shape index (κ3) is 3.27. The van der Waals surface area contributed by atoms with E-state index in [1.54, 1.807) is 6.07 Å². The number of carbonyl (C=O) groups excluding carboxylic acids is 1. The molecule has 2 aromatic heterocycles. The van der Waals surface area contributed by atoms with E-state index in [9.17, 15) is 13.6 Å². The number of hydrogen-bond donors (Lipinski definition) is 1. The Bertz CT molecular complexity index is 1110. The van der Waals surface area contributed by atoms with Gasteiger partial charge in [0.2, 0.25) is 0 Å². The van der Waals surface area contributed by atoms with Crippen LogP contribution in [-0.4, -0.2) is 51.9 Å². The molecule has 3 aromatic rings. The minimum atomic E-state index is -1.28.